The quantitative estimate of drug-likeness (QED) is 0.274. The standard InChI is InChI=1S/C9H7IO3/c10-8-7(13-8)9(11)12-6-4-2-1-3-5-6/h1-5,7-8H/t7-,8-/m0/s1. The van der Waals surface area contributed by atoms with E-state index in [1.165, 1.54) is 0 Å². The molecule has 1 fully saturated rings. The second kappa shape index (κ2) is 3.63. The molecule has 0 unspecified atom stereocenters. The van der Waals surface area contributed by atoms with Crippen LogP contribution in [0.25, 0.3) is 0 Å². The van der Waals surface area contributed by atoms with Crippen molar-refractivity contribution in [1.29, 1.82) is 0 Å². The van der Waals surface area contributed by atoms with Crippen molar-refractivity contribution in [1.82, 2.24) is 0 Å². The van der Waals surface area contributed by atoms with Crippen LogP contribution in [-0.2, 0) is 9.53 Å². The lowest BCUT2D eigenvalue weighted by Gasteiger charge is -1.99. The summed E-state index contributed by atoms with van der Waals surface area (Å²) in [6, 6.07) is 8.98. The average molecular weight is 290 g/mol. The number of alkyl halides is 1. The molecular weight excluding hydrogens is 283 g/mol. The second-order valence-corrected chi connectivity index (χ2v) is 3.87. The van der Waals surface area contributed by atoms with E-state index < -0.39 is 0 Å². The van der Waals surface area contributed by atoms with Gasteiger partial charge in [-0.2, -0.15) is 0 Å². The van der Waals surface area contributed by atoms with Crippen LogP contribution in [0.4, 0.5) is 0 Å². The Kier molecular flexibility index (Phi) is 2.50. The number of carbonyl (C=O) groups is 1. The van der Waals surface area contributed by atoms with E-state index in [0.717, 1.165) is 0 Å². The highest BCUT2D eigenvalue weighted by atomic mass is 127. The highest BCUT2D eigenvalue weighted by molar-refractivity contribution is 14.1. The predicted octanol–water partition coefficient (Wildman–Crippen LogP) is 1.75. The maximum atomic E-state index is 11.2. The van der Waals surface area contributed by atoms with E-state index in [4.69, 9.17) is 9.47 Å². The average Bonchev–Trinajstić information content (AvgIpc) is 2.84. The van der Waals surface area contributed by atoms with Gasteiger partial charge < -0.3 is 9.47 Å². The summed E-state index contributed by atoms with van der Waals surface area (Å²) in [6.45, 7) is 0. The molecule has 0 N–H and O–H groups in total. The summed E-state index contributed by atoms with van der Waals surface area (Å²) in [5.41, 5.74) is 0. The van der Waals surface area contributed by atoms with Crippen LogP contribution >= 0.6 is 22.6 Å². The smallest absolute Gasteiger partial charge is 0.344 e. The first-order valence-electron chi connectivity index (χ1n) is 3.83. The lowest BCUT2D eigenvalue weighted by atomic mass is 10.3. The van der Waals surface area contributed by atoms with Gasteiger partial charge in [0.15, 0.2) is 6.10 Å². The number of halogens is 1. The summed E-state index contributed by atoms with van der Waals surface area (Å²) < 4.78 is 9.98. The number of ether oxygens (including phenoxy) is 2. The summed E-state index contributed by atoms with van der Waals surface area (Å²) in [4.78, 5) is 11.2. The number of epoxide rings is 1. The van der Waals surface area contributed by atoms with Crippen LogP contribution < -0.4 is 4.74 Å². The number of hydrogen-bond acceptors (Lipinski definition) is 3. The minimum atomic E-state index is -0.374. The van der Waals surface area contributed by atoms with E-state index in [1.807, 2.05) is 18.2 Å². The van der Waals surface area contributed by atoms with Gasteiger partial charge in [0.25, 0.3) is 0 Å². The van der Waals surface area contributed by atoms with Gasteiger partial charge >= 0.3 is 5.97 Å². The number of benzene rings is 1. The normalized spacial score (nSPS) is 25.3. The molecule has 0 aromatic heterocycles. The van der Waals surface area contributed by atoms with Crippen LogP contribution in [0.5, 0.6) is 5.75 Å². The Hall–Kier alpha value is -0.620. The first-order valence-corrected chi connectivity index (χ1v) is 5.08. The fourth-order valence-corrected chi connectivity index (χ4v) is 1.53. The van der Waals surface area contributed by atoms with Crippen molar-refractivity contribution >= 4 is 28.6 Å². The Morgan fingerprint density at radius 3 is 2.54 bits per heavy atom. The van der Waals surface area contributed by atoms with Gasteiger partial charge in [-0.25, -0.2) is 4.79 Å². The monoisotopic (exact) mass is 290 g/mol. The molecule has 2 rings (SSSR count). The summed E-state index contributed by atoms with van der Waals surface area (Å²) >= 11 is 2.05. The molecule has 0 bridgehead atoms. The van der Waals surface area contributed by atoms with Crippen LogP contribution in [0.2, 0.25) is 0 Å². The summed E-state index contributed by atoms with van der Waals surface area (Å²) in [6.07, 6.45) is -0.374. The lowest BCUT2D eigenvalue weighted by Crippen LogP contribution is -2.15. The fourth-order valence-electron chi connectivity index (χ4n) is 0.920. The Morgan fingerprint density at radius 1 is 1.38 bits per heavy atom. The van der Waals surface area contributed by atoms with Gasteiger partial charge in [0.1, 0.15) is 9.86 Å². The molecule has 3 nitrogen and oxygen atoms in total. The highest BCUT2D eigenvalue weighted by Gasteiger charge is 2.44. The second-order valence-electron chi connectivity index (χ2n) is 2.64. The molecule has 2 atom stereocenters. The Bertz CT molecular complexity index is 312. The van der Waals surface area contributed by atoms with Crippen LogP contribution in [-0.4, -0.2) is 16.2 Å². The van der Waals surface area contributed by atoms with Crippen molar-refractivity contribution in [2.45, 2.75) is 10.2 Å². The molecule has 4 heteroatoms. The number of esters is 1. The molecular formula is C9H7IO3. The predicted molar refractivity (Wildman–Crippen MR) is 54.8 cm³/mol. The van der Waals surface area contributed by atoms with E-state index >= 15 is 0 Å². The lowest BCUT2D eigenvalue weighted by molar-refractivity contribution is -0.135. The van der Waals surface area contributed by atoms with Crippen molar-refractivity contribution < 1.29 is 14.3 Å². The zero-order valence-electron chi connectivity index (χ0n) is 6.64. The molecule has 1 saturated heterocycles. The highest BCUT2D eigenvalue weighted by Crippen LogP contribution is 2.29. The first kappa shape index (κ1) is 8.96. The van der Waals surface area contributed by atoms with Crippen molar-refractivity contribution in [3.63, 3.8) is 0 Å². The third-order valence-electron chi connectivity index (χ3n) is 1.63. The number of rotatable bonds is 2. The molecule has 13 heavy (non-hydrogen) atoms. The molecule has 68 valence electrons. The largest absolute Gasteiger partial charge is 0.425 e. The SMILES string of the molecule is O=C(Oc1ccccc1)[C@H]1O[C@@H]1I. The van der Waals surface area contributed by atoms with E-state index in [2.05, 4.69) is 22.6 Å². The first-order chi connectivity index (χ1) is 6.27. The zero-order valence-corrected chi connectivity index (χ0v) is 8.80. The van der Waals surface area contributed by atoms with Gasteiger partial charge in [-0.1, -0.05) is 18.2 Å². The maximum Gasteiger partial charge on any atom is 0.344 e. The van der Waals surface area contributed by atoms with Crippen molar-refractivity contribution in [3.05, 3.63) is 30.3 Å². The Morgan fingerprint density at radius 2 is 2.00 bits per heavy atom. The van der Waals surface area contributed by atoms with Crippen LogP contribution in [0, 0.1) is 0 Å². The number of para-hydroxylation sites is 1. The topological polar surface area (TPSA) is 38.8 Å². The van der Waals surface area contributed by atoms with Gasteiger partial charge in [0.2, 0.25) is 0 Å². The zero-order chi connectivity index (χ0) is 9.26. The van der Waals surface area contributed by atoms with Crippen LogP contribution in [0.3, 0.4) is 0 Å². The molecule has 1 aliphatic rings. The number of hydrogen-bond donors (Lipinski definition) is 0. The fraction of sp³-hybridized carbons (Fsp3) is 0.222. The minimum Gasteiger partial charge on any atom is -0.425 e. The minimum absolute atomic E-state index is 0.0196. The van der Waals surface area contributed by atoms with Gasteiger partial charge in [-0.05, 0) is 34.7 Å². The summed E-state index contributed by atoms with van der Waals surface area (Å²) in [7, 11) is 0. The van der Waals surface area contributed by atoms with E-state index in [9.17, 15) is 4.79 Å². The molecule has 1 aromatic carbocycles. The van der Waals surface area contributed by atoms with Gasteiger partial charge in [0.05, 0.1) is 0 Å². The van der Waals surface area contributed by atoms with E-state index in [-0.39, 0.29) is 16.2 Å². The van der Waals surface area contributed by atoms with Crippen molar-refractivity contribution in [2.24, 2.45) is 0 Å². The van der Waals surface area contributed by atoms with Gasteiger partial charge in [0, 0.05) is 0 Å². The molecule has 1 heterocycles. The maximum absolute atomic E-state index is 11.2. The van der Waals surface area contributed by atoms with Gasteiger partial charge in [-0.3, -0.25) is 0 Å². The molecule has 0 saturated carbocycles. The molecule has 0 aliphatic carbocycles. The summed E-state index contributed by atoms with van der Waals surface area (Å²) in [5.74, 6) is 0.247. The summed E-state index contributed by atoms with van der Waals surface area (Å²) in [5, 5.41) is 0. The van der Waals surface area contributed by atoms with Crippen molar-refractivity contribution in [2.75, 3.05) is 0 Å². The van der Waals surface area contributed by atoms with E-state index in [0.29, 0.717) is 5.75 Å². The third kappa shape index (κ3) is 2.19. The van der Waals surface area contributed by atoms with E-state index in [1.54, 1.807) is 12.1 Å². The molecule has 1 aliphatic heterocycles. The Balaban J connectivity index is 1.95. The van der Waals surface area contributed by atoms with Crippen LogP contribution in [0.15, 0.2) is 30.3 Å². The Labute approximate surface area is 89.2 Å². The van der Waals surface area contributed by atoms with Crippen LogP contribution in [0.1, 0.15) is 0 Å². The molecule has 0 spiro atoms. The third-order valence-corrected chi connectivity index (χ3v) is 2.58. The van der Waals surface area contributed by atoms with Gasteiger partial charge in [-0.15, -0.1) is 0 Å². The number of carbonyl (C=O) groups excluding carboxylic acids is 1. The van der Waals surface area contributed by atoms with Crippen molar-refractivity contribution in [3.8, 4) is 5.75 Å². The molecule has 1 aromatic rings. The molecule has 0 amide bonds. The molecule has 0 radical (unpaired) electrons.